The van der Waals surface area contributed by atoms with E-state index in [4.69, 9.17) is 4.74 Å². The molecule has 0 aromatic carbocycles. The molecule has 128 valence electrons. The number of hydrogen-bond donors (Lipinski definition) is 1. The molecular weight excluding hydrogens is 342 g/mol. The molecule has 0 aliphatic heterocycles. The molecule has 0 fully saturated rings. The SMILES string of the molecule is CC(C)CCCCCCCOC(=O)CCC(=O)O[SH](=O)=O.[NaH].[NaH]. The van der Waals surface area contributed by atoms with Crippen molar-refractivity contribution in [1.82, 2.24) is 0 Å². The Hall–Kier alpha value is 0.890. The summed E-state index contributed by atoms with van der Waals surface area (Å²) in [5.74, 6) is -0.696. The summed E-state index contributed by atoms with van der Waals surface area (Å²) in [6.45, 7) is 4.77. The van der Waals surface area contributed by atoms with Gasteiger partial charge >= 0.3 is 82.0 Å². The normalized spacial score (nSPS) is 9.91. The van der Waals surface area contributed by atoms with Gasteiger partial charge in [0.25, 0.3) is 0 Å². The fourth-order valence-electron chi connectivity index (χ4n) is 1.78. The molecule has 0 N–H and O–H groups in total. The third kappa shape index (κ3) is 22.9. The summed E-state index contributed by atoms with van der Waals surface area (Å²) < 4.78 is 29.0. The van der Waals surface area contributed by atoms with Crippen LogP contribution in [0.1, 0.15) is 65.2 Å². The minimum absolute atomic E-state index is 0. The minimum atomic E-state index is -3.20. The second-order valence-electron chi connectivity index (χ2n) is 5.36. The van der Waals surface area contributed by atoms with Crippen molar-refractivity contribution in [2.75, 3.05) is 6.61 Å². The van der Waals surface area contributed by atoms with E-state index in [1.165, 1.54) is 19.3 Å². The van der Waals surface area contributed by atoms with Crippen LogP contribution < -0.4 is 0 Å². The van der Waals surface area contributed by atoms with Crippen LogP contribution in [-0.2, 0) is 29.5 Å². The first-order valence-corrected chi connectivity index (χ1v) is 8.52. The van der Waals surface area contributed by atoms with Gasteiger partial charge in [0.1, 0.15) is 0 Å². The fourth-order valence-corrected chi connectivity index (χ4v) is 2.03. The zero-order chi connectivity index (χ0) is 16.1. The second-order valence-corrected chi connectivity index (χ2v) is 5.99. The summed E-state index contributed by atoms with van der Waals surface area (Å²) in [7, 11) is -3.20. The molecule has 0 aromatic rings. The van der Waals surface area contributed by atoms with Crippen molar-refractivity contribution >= 4 is 82.0 Å². The Labute approximate surface area is 185 Å². The third-order valence-electron chi connectivity index (χ3n) is 2.90. The van der Waals surface area contributed by atoms with Gasteiger partial charge in [0.05, 0.1) is 19.4 Å². The van der Waals surface area contributed by atoms with Crippen LogP contribution in [0.15, 0.2) is 0 Å². The first-order chi connectivity index (χ1) is 9.91. The zero-order valence-corrected chi connectivity index (χ0v) is 13.7. The maximum absolute atomic E-state index is 11.3. The number of ether oxygens (including phenoxy) is 1. The van der Waals surface area contributed by atoms with Gasteiger partial charge < -0.3 is 8.92 Å². The molecule has 0 rings (SSSR count). The summed E-state index contributed by atoms with van der Waals surface area (Å²) in [5.41, 5.74) is 0. The van der Waals surface area contributed by atoms with E-state index in [-0.39, 0.29) is 72.0 Å². The molecule has 0 heterocycles. The second kappa shape index (κ2) is 19.2. The van der Waals surface area contributed by atoms with Gasteiger partial charge in [0.2, 0.25) is 0 Å². The van der Waals surface area contributed by atoms with E-state index in [9.17, 15) is 18.0 Å². The van der Waals surface area contributed by atoms with Crippen molar-refractivity contribution in [3.8, 4) is 0 Å². The molecule has 0 radical (unpaired) electrons. The van der Waals surface area contributed by atoms with Gasteiger partial charge in [0.15, 0.2) is 0 Å². The van der Waals surface area contributed by atoms with Gasteiger partial charge in [-0.15, -0.1) is 0 Å². The van der Waals surface area contributed by atoms with Crippen molar-refractivity contribution in [3.63, 3.8) is 0 Å². The van der Waals surface area contributed by atoms with Gasteiger partial charge in [-0.05, 0) is 12.3 Å². The van der Waals surface area contributed by atoms with E-state index in [2.05, 4.69) is 18.0 Å². The molecular formula is C14H28Na2O6S. The van der Waals surface area contributed by atoms with Gasteiger partial charge in [-0.2, -0.15) is 8.42 Å². The Morgan fingerprint density at radius 3 is 1.96 bits per heavy atom. The molecule has 0 aliphatic rings. The first kappa shape index (κ1) is 28.7. The van der Waals surface area contributed by atoms with Crippen molar-refractivity contribution < 1.29 is 26.9 Å². The topological polar surface area (TPSA) is 86.7 Å². The summed E-state index contributed by atoms with van der Waals surface area (Å²) in [5, 5.41) is 0. The Morgan fingerprint density at radius 2 is 1.39 bits per heavy atom. The number of thiol groups is 1. The van der Waals surface area contributed by atoms with Crippen LogP contribution in [0.4, 0.5) is 0 Å². The summed E-state index contributed by atoms with van der Waals surface area (Å²) in [4.78, 5) is 22.1. The van der Waals surface area contributed by atoms with E-state index in [0.717, 1.165) is 25.2 Å². The van der Waals surface area contributed by atoms with Crippen molar-refractivity contribution in [1.29, 1.82) is 0 Å². The predicted octanol–water partition coefficient (Wildman–Crippen LogP) is 1.08. The van der Waals surface area contributed by atoms with Gasteiger partial charge in [-0.1, -0.05) is 46.0 Å². The van der Waals surface area contributed by atoms with Crippen LogP contribution in [0.2, 0.25) is 0 Å². The number of carbonyl (C=O) groups is 2. The van der Waals surface area contributed by atoms with Crippen LogP contribution >= 0.6 is 0 Å². The Bertz CT molecular complexity index is 377. The molecule has 0 aromatic heterocycles. The van der Waals surface area contributed by atoms with Crippen molar-refractivity contribution in [2.24, 2.45) is 5.92 Å². The summed E-state index contributed by atoms with van der Waals surface area (Å²) in [6, 6.07) is 0. The fraction of sp³-hybridized carbons (Fsp3) is 0.857. The average Bonchev–Trinajstić information content (AvgIpc) is 2.38. The molecule has 0 spiro atoms. The zero-order valence-electron chi connectivity index (χ0n) is 12.8. The van der Waals surface area contributed by atoms with E-state index in [0.29, 0.717) is 6.61 Å². The van der Waals surface area contributed by atoms with Crippen LogP contribution in [0.5, 0.6) is 0 Å². The Kier molecular flexibility index (Phi) is 24.0. The third-order valence-corrected chi connectivity index (χ3v) is 3.25. The van der Waals surface area contributed by atoms with E-state index in [1.54, 1.807) is 0 Å². The molecule has 0 saturated carbocycles. The molecule has 0 amide bonds. The number of esters is 1. The molecule has 0 aliphatic carbocycles. The van der Waals surface area contributed by atoms with Gasteiger partial charge in [-0.3, -0.25) is 9.59 Å². The average molecular weight is 370 g/mol. The van der Waals surface area contributed by atoms with E-state index in [1.807, 2.05) is 0 Å². The monoisotopic (exact) mass is 370 g/mol. The van der Waals surface area contributed by atoms with Crippen LogP contribution in [0.3, 0.4) is 0 Å². The number of hydrogen-bond acceptors (Lipinski definition) is 6. The Balaban J connectivity index is -0.00000200. The molecule has 6 nitrogen and oxygen atoms in total. The first-order valence-electron chi connectivity index (χ1n) is 7.42. The molecule has 0 unspecified atom stereocenters. The standard InChI is InChI=1S/C14H26O6S.2Na.2H/c1-12(2)8-6-4-3-5-7-11-19-13(15)9-10-14(16)20-21(17)18;;;;/h12,21H,3-11H2,1-2H3;;;;. The summed E-state index contributed by atoms with van der Waals surface area (Å²) >= 11 is 0. The number of rotatable bonds is 12. The van der Waals surface area contributed by atoms with Crippen molar-refractivity contribution in [2.45, 2.75) is 65.2 Å². The van der Waals surface area contributed by atoms with Gasteiger partial charge in [0, 0.05) is 0 Å². The number of unbranched alkanes of at least 4 members (excludes halogenated alkanes) is 4. The molecule has 0 saturated heterocycles. The van der Waals surface area contributed by atoms with E-state index < -0.39 is 22.9 Å². The molecule has 0 atom stereocenters. The van der Waals surface area contributed by atoms with Gasteiger partial charge in [-0.25, -0.2) is 0 Å². The number of carbonyl (C=O) groups excluding carboxylic acids is 2. The quantitative estimate of drug-likeness (QED) is 0.239. The molecule has 0 bridgehead atoms. The van der Waals surface area contributed by atoms with Crippen LogP contribution in [0.25, 0.3) is 0 Å². The maximum atomic E-state index is 11.3. The molecule has 9 heteroatoms. The van der Waals surface area contributed by atoms with Crippen LogP contribution in [0, 0.1) is 5.92 Å². The van der Waals surface area contributed by atoms with E-state index >= 15 is 0 Å². The predicted molar refractivity (Wildman–Crippen MR) is 93.4 cm³/mol. The summed E-state index contributed by atoms with van der Waals surface area (Å²) in [6.07, 6.45) is 6.21. The van der Waals surface area contributed by atoms with Crippen molar-refractivity contribution in [3.05, 3.63) is 0 Å². The molecule has 23 heavy (non-hydrogen) atoms. The Morgan fingerprint density at radius 1 is 0.870 bits per heavy atom. The van der Waals surface area contributed by atoms with Crippen LogP contribution in [-0.4, -0.2) is 86.1 Å².